The maximum absolute atomic E-state index is 4.26. The molecular formula is C23H31BN2. The second-order valence-corrected chi connectivity index (χ2v) is 7.52. The summed E-state index contributed by atoms with van der Waals surface area (Å²) in [7, 11) is 0. The van der Waals surface area contributed by atoms with Crippen molar-refractivity contribution in [2.75, 3.05) is 0 Å². The maximum atomic E-state index is 4.26. The molecule has 136 valence electrons. The van der Waals surface area contributed by atoms with Crippen LogP contribution in [0.3, 0.4) is 0 Å². The second kappa shape index (κ2) is 9.42. The number of hydrogen-bond donors (Lipinski definition) is 0. The Morgan fingerprint density at radius 2 is 1.35 bits per heavy atom. The van der Waals surface area contributed by atoms with Crippen LogP contribution in [-0.4, -0.2) is 16.3 Å². The fourth-order valence-electron chi connectivity index (χ4n) is 3.24. The topological polar surface area (TPSA) is 17.8 Å². The van der Waals surface area contributed by atoms with E-state index in [1.54, 1.807) is 0 Å². The number of benzene rings is 2. The van der Waals surface area contributed by atoms with Gasteiger partial charge >= 0.3 is 0 Å². The average molecular weight is 346 g/mol. The molecule has 0 fully saturated rings. The van der Waals surface area contributed by atoms with Crippen LogP contribution < -0.4 is 10.9 Å². The van der Waals surface area contributed by atoms with Gasteiger partial charge in [0.2, 0.25) is 6.71 Å². The molecule has 0 unspecified atom stereocenters. The molecule has 0 amide bonds. The summed E-state index contributed by atoms with van der Waals surface area (Å²) in [5.74, 6) is 1.16. The molecule has 2 nitrogen and oxygen atoms in total. The van der Waals surface area contributed by atoms with E-state index in [2.05, 4.69) is 105 Å². The van der Waals surface area contributed by atoms with Gasteiger partial charge in [0.25, 0.3) is 0 Å². The zero-order valence-electron chi connectivity index (χ0n) is 16.8. The summed E-state index contributed by atoms with van der Waals surface area (Å²) in [6.45, 7) is 11.5. The number of imidazole rings is 1. The lowest BCUT2D eigenvalue weighted by Gasteiger charge is -2.22. The highest BCUT2D eigenvalue weighted by Gasteiger charge is 2.15. The van der Waals surface area contributed by atoms with Gasteiger partial charge in [-0.15, -0.1) is 0 Å². The van der Waals surface area contributed by atoms with Crippen LogP contribution in [-0.2, 0) is 12.0 Å². The number of hydrogen-bond acceptors (Lipinski definition) is 1. The minimum absolute atomic E-state index is 0.168. The summed E-state index contributed by atoms with van der Waals surface area (Å²) >= 11 is 0. The van der Waals surface area contributed by atoms with Crippen molar-refractivity contribution >= 4 is 17.6 Å². The van der Waals surface area contributed by atoms with Crippen LogP contribution in [0.15, 0.2) is 73.1 Å². The Morgan fingerprint density at radius 3 is 1.69 bits per heavy atom. The lowest BCUT2D eigenvalue weighted by Crippen LogP contribution is -2.41. The van der Waals surface area contributed by atoms with Crippen LogP contribution in [0.4, 0.5) is 0 Å². The van der Waals surface area contributed by atoms with Gasteiger partial charge in [-0.2, -0.15) is 0 Å². The van der Waals surface area contributed by atoms with Crippen LogP contribution >= 0.6 is 0 Å². The summed E-state index contributed by atoms with van der Waals surface area (Å²) < 4.78 is 2.22. The molecule has 0 spiro atoms. The molecule has 0 atom stereocenters. The first kappa shape index (κ1) is 20.0. The van der Waals surface area contributed by atoms with E-state index in [9.17, 15) is 0 Å². The molecular weight excluding hydrogens is 315 g/mol. The van der Waals surface area contributed by atoms with Crippen LogP contribution in [0.2, 0.25) is 6.32 Å². The highest BCUT2D eigenvalue weighted by molar-refractivity contribution is 6.85. The third kappa shape index (κ3) is 5.35. The SMILES string of the molecule is CCB(c1ccccc1)c1ccccc1.CCc1nccn1C(C)(C)C. The molecule has 1 aromatic heterocycles. The predicted molar refractivity (Wildman–Crippen MR) is 115 cm³/mol. The summed E-state index contributed by atoms with van der Waals surface area (Å²) in [6, 6.07) is 21.4. The Balaban J connectivity index is 0.000000197. The minimum Gasteiger partial charge on any atom is -0.330 e. The van der Waals surface area contributed by atoms with E-state index in [1.165, 1.54) is 10.9 Å². The average Bonchev–Trinajstić information content (AvgIpc) is 3.14. The number of aryl methyl sites for hydroxylation is 1. The van der Waals surface area contributed by atoms with Crippen LogP contribution in [0.25, 0.3) is 0 Å². The summed E-state index contributed by atoms with van der Waals surface area (Å²) in [5, 5.41) is 0. The third-order valence-corrected chi connectivity index (χ3v) is 4.57. The Labute approximate surface area is 159 Å². The van der Waals surface area contributed by atoms with Crippen molar-refractivity contribution < 1.29 is 0 Å². The molecule has 3 rings (SSSR count). The van der Waals surface area contributed by atoms with Crippen LogP contribution in [0.5, 0.6) is 0 Å². The van der Waals surface area contributed by atoms with Gasteiger partial charge in [0, 0.05) is 24.4 Å². The normalized spacial score (nSPS) is 10.8. The van der Waals surface area contributed by atoms with E-state index in [0.29, 0.717) is 6.71 Å². The molecule has 2 aromatic carbocycles. The molecule has 0 N–H and O–H groups in total. The highest BCUT2D eigenvalue weighted by atomic mass is 15.1. The van der Waals surface area contributed by atoms with Crippen molar-refractivity contribution in [3.63, 3.8) is 0 Å². The fourth-order valence-corrected chi connectivity index (χ4v) is 3.24. The molecule has 26 heavy (non-hydrogen) atoms. The standard InChI is InChI=1S/C14H15B.C9H16N2/c1-2-15(13-9-5-3-6-10-13)14-11-7-4-8-12-14;1-5-8-10-6-7-11(8)9(2,3)4/h3-12H,2H2,1H3;6-7H,5H2,1-4H3. The lowest BCUT2D eigenvalue weighted by atomic mass is 9.39. The van der Waals surface area contributed by atoms with Crippen molar-refractivity contribution in [3.8, 4) is 0 Å². The Kier molecular flexibility index (Phi) is 7.26. The Morgan fingerprint density at radius 1 is 0.846 bits per heavy atom. The fraction of sp³-hybridized carbons (Fsp3) is 0.348. The molecule has 0 bridgehead atoms. The molecule has 0 aliphatic rings. The van der Waals surface area contributed by atoms with Gasteiger partial charge in [-0.25, -0.2) is 4.98 Å². The Hall–Kier alpha value is -2.29. The van der Waals surface area contributed by atoms with Crippen molar-refractivity contribution in [1.29, 1.82) is 0 Å². The molecule has 0 radical (unpaired) electrons. The van der Waals surface area contributed by atoms with E-state index in [-0.39, 0.29) is 5.54 Å². The van der Waals surface area contributed by atoms with E-state index >= 15 is 0 Å². The molecule has 1 heterocycles. The van der Waals surface area contributed by atoms with E-state index in [1.807, 2.05) is 12.4 Å². The maximum Gasteiger partial charge on any atom is 0.209 e. The molecule has 0 aliphatic carbocycles. The third-order valence-electron chi connectivity index (χ3n) is 4.57. The number of aromatic nitrogens is 2. The van der Waals surface area contributed by atoms with Gasteiger partial charge in [0.1, 0.15) is 5.82 Å². The molecule has 3 aromatic rings. The van der Waals surface area contributed by atoms with Crippen molar-refractivity contribution in [1.82, 2.24) is 9.55 Å². The Bertz CT molecular complexity index is 718. The lowest BCUT2D eigenvalue weighted by molar-refractivity contribution is 0.383. The van der Waals surface area contributed by atoms with E-state index in [0.717, 1.165) is 18.6 Å². The van der Waals surface area contributed by atoms with Crippen molar-refractivity contribution in [2.24, 2.45) is 0 Å². The first-order valence-electron chi connectivity index (χ1n) is 9.60. The van der Waals surface area contributed by atoms with E-state index < -0.39 is 0 Å². The number of rotatable bonds is 4. The van der Waals surface area contributed by atoms with E-state index in [4.69, 9.17) is 0 Å². The highest BCUT2D eigenvalue weighted by Crippen LogP contribution is 2.15. The van der Waals surface area contributed by atoms with Crippen molar-refractivity contribution in [3.05, 3.63) is 78.9 Å². The second-order valence-electron chi connectivity index (χ2n) is 7.52. The first-order chi connectivity index (χ1) is 12.5. The molecule has 0 saturated carbocycles. The predicted octanol–water partition coefficient (Wildman–Crippen LogP) is 4.52. The monoisotopic (exact) mass is 346 g/mol. The zero-order chi connectivity index (χ0) is 19.0. The van der Waals surface area contributed by atoms with Gasteiger partial charge < -0.3 is 4.57 Å². The van der Waals surface area contributed by atoms with Gasteiger partial charge in [-0.1, -0.05) is 91.8 Å². The van der Waals surface area contributed by atoms with Crippen LogP contribution in [0.1, 0.15) is 40.4 Å². The van der Waals surface area contributed by atoms with Crippen LogP contribution in [0, 0.1) is 0 Å². The summed E-state index contributed by atoms with van der Waals surface area (Å²) in [4.78, 5) is 4.26. The zero-order valence-corrected chi connectivity index (χ0v) is 16.8. The van der Waals surface area contributed by atoms with Gasteiger partial charge in [0.05, 0.1) is 0 Å². The first-order valence-corrected chi connectivity index (χ1v) is 9.60. The molecule has 0 aliphatic heterocycles. The molecule has 3 heteroatoms. The largest absolute Gasteiger partial charge is 0.330 e. The smallest absolute Gasteiger partial charge is 0.209 e. The summed E-state index contributed by atoms with van der Waals surface area (Å²) in [5.41, 5.74) is 2.99. The minimum atomic E-state index is 0.168. The van der Waals surface area contributed by atoms with Crippen molar-refractivity contribution in [2.45, 2.75) is 52.9 Å². The quantitative estimate of drug-likeness (QED) is 0.635. The van der Waals surface area contributed by atoms with Gasteiger partial charge in [-0.3, -0.25) is 0 Å². The molecule has 0 saturated heterocycles. The van der Waals surface area contributed by atoms with Gasteiger partial charge in [0.15, 0.2) is 0 Å². The van der Waals surface area contributed by atoms with Gasteiger partial charge in [-0.05, 0) is 20.8 Å². The summed E-state index contributed by atoms with van der Waals surface area (Å²) in [6.07, 6.45) is 6.06. The number of nitrogens with zero attached hydrogens (tertiary/aromatic N) is 2.